The number of tetrazole rings is 1. The lowest BCUT2D eigenvalue weighted by Crippen LogP contribution is -2.41. The van der Waals surface area contributed by atoms with E-state index >= 15 is 0 Å². The number of rotatable bonds is 8. The Morgan fingerprint density at radius 2 is 1.80 bits per heavy atom. The Hall–Kier alpha value is -4.54. The lowest BCUT2D eigenvalue weighted by atomic mass is 9.84. The van der Waals surface area contributed by atoms with E-state index in [1.165, 1.54) is 10.5 Å². The number of pyridine rings is 1. The van der Waals surface area contributed by atoms with E-state index in [1.54, 1.807) is 11.0 Å². The molecule has 1 fully saturated rings. The van der Waals surface area contributed by atoms with Gasteiger partial charge < -0.3 is 10.4 Å². The molecule has 226 valence electrons. The van der Waals surface area contributed by atoms with Gasteiger partial charge in [-0.2, -0.15) is 8.78 Å². The maximum absolute atomic E-state index is 12.9. The molecule has 2 aromatic heterocycles. The van der Waals surface area contributed by atoms with E-state index in [9.17, 15) is 13.6 Å². The van der Waals surface area contributed by atoms with Gasteiger partial charge in [0.05, 0.1) is 0 Å². The number of halogens is 3. The number of piperidine rings is 1. The number of carbonyl (C=O) groups excluding carboxylic acids is 1. The summed E-state index contributed by atoms with van der Waals surface area (Å²) in [5.41, 5.74) is 7.06. The molecular formula is C33H31ClF2N6O2. The van der Waals surface area contributed by atoms with Crippen LogP contribution in [-0.4, -0.2) is 56.3 Å². The standard InChI is InChI=1S/C33H29ClF2N6O.H2O/c34-27-10-12-31(42-21-38-39-40-42)29(19-27)26-9-11-30(37-20-26)28(17-22-5-2-1-3-6-22)25-8-4-7-24(18-25)23-13-15-41(16-14-23)33(43)32(35)36;/h1-12,18-21,23,28,32H,13-17H2;1H2/t28-;/m0./s1. The molecule has 44 heavy (non-hydrogen) atoms. The monoisotopic (exact) mass is 616 g/mol. The second-order valence-electron chi connectivity index (χ2n) is 10.7. The molecule has 0 aliphatic carbocycles. The second-order valence-corrected chi connectivity index (χ2v) is 11.2. The van der Waals surface area contributed by atoms with Crippen LogP contribution in [-0.2, 0) is 11.2 Å². The number of likely N-dealkylation sites (tertiary alicyclic amines) is 1. The number of carbonyl (C=O) groups is 1. The van der Waals surface area contributed by atoms with Gasteiger partial charge in [-0.1, -0.05) is 77.5 Å². The minimum Gasteiger partial charge on any atom is -0.870 e. The normalized spacial score (nSPS) is 14.3. The van der Waals surface area contributed by atoms with Gasteiger partial charge in [0.15, 0.2) is 5.21 Å². The zero-order valence-corrected chi connectivity index (χ0v) is 24.5. The molecule has 0 radical (unpaired) electrons. The van der Waals surface area contributed by atoms with Crippen LogP contribution < -0.4 is 4.68 Å². The Labute approximate surface area is 258 Å². The third kappa shape index (κ3) is 6.82. The van der Waals surface area contributed by atoms with E-state index in [-0.39, 0.29) is 17.3 Å². The summed E-state index contributed by atoms with van der Waals surface area (Å²) in [5.74, 6) is -0.888. The number of aromatic amines is 1. The van der Waals surface area contributed by atoms with Crippen molar-refractivity contribution in [3.8, 4) is 16.8 Å². The number of hydrogen-bond donors (Lipinski definition) is 1. The Bertz CT molecular complexity index is 1680. The van der Waals surface area contributed by atoms with Crippen molar-refractivity contribution in [1.29, 1.82) is 0 Å². The smallest absolute Gasteiger partial charge is 0.315 e. The molecule has 0 saturated carbocycles. The molecule has 0 spiro atoms. The SMILES string of the molecule is O=C(C(F)F)N1CCC(c2cccc([C@H](Cc3ccccc3)c3ccc(-c4cc(Cl)ccc4-[n+]4cnn[nH]4)cn3)c2)CC1.[OH-]. The van der Waals surface area contributed by atoms with Gasteiger partial charge in [-0.15, -0.1) is 4.68 Å². The molecule has 0 bridgehead atoms. The first-order valence-corrected chi connectivity index (χ1v) is 14.6. The molecule has 5 aromatic rings. The Morgan fingerprint density at radius 3 is 2.48 bits per heavy atom. The van der Waals surface area contributed by atoms with Crippen molar-refractivity contribution in [2.45, 2.75) is 37.5 Å². The lowest BCUT2D eigenvalue weighted by molar-refractivity contribution is -0.659. The van der Waals surface area contributed by atoms with Crippen molar-refractivity contribution in [3.63, 3.8) is 0 Å². The van der Waals surface area contributed by atoms with Gasteiger partial charge in [0.25, 0.3) is 12.2 Å². The molecule has 8 nitrogen and oxygen atoms in total. The topological polar surface area (TPSA) is 109 Å². The van der Waals surface area contributed by atoms with Crippen LogP contribution in [0.1, 0.15) is 47.1 Å². The Balaban J connectivity index is 0.00000384. The van der Waals surface area contributed by atoms with Gasteiger partial charge in [-0.3, -0.25) is 9.78 Å². The number of aromatic nitrogens is 5. The third-order valence-electron chi connectivity index (χ3n) is 8.11. The molecule has 1 aliphatic heterocycles. The van der Waals surface area contributed by atoms with E-state index in [4.69, 9.17) is 16.6 Å². The van der Waals surface area contributed by atoms with Crippen LogP contribution in [0.2, 0.25) is 5.02 Å². The minimum atomic E-state index is -2.95. The van der Waals surface area contributed by atoms with E-state index in [1.807, 2.05) is 42.6 Å². The summed E-state index contributed by atoms with van der Waals surface area (Å²) >= 11 is 6.37. The molecule has 1 amide bonds. The van der Waals surface area contributed by atoms with Crippen LogP contribution in [0.15, 0.2) is 97.5 Å². The molecule has 3 heterocycles. The summed E-state index contributed by atoms with van der Waals surface area (Å²) in [6.07, 6.45) is 2.58. The lowest BCUT2D eigenvalue weighted by Gasteiger charge is -2.32. The first kappa shape index (κ1) is 30.9. The van der Waals surface area contributed by atoms with Crippen molar-refractivity contribution in [2.75, 3.05) is 13.1 Å². The van der Waals surface area contributed by atoms with Crippen molar-refractivity contribution in [3.05, 3.63) is 125 Å². The van der Waals surface area contributed by atoms with E-state index in [0.29, 0.717) is 31.0 Å². The van der Waals surface area contributed by atoms with E-state index in [0.717, 1.165) is 40.1 Å². The molecule has 1 saturated heterocycles. The van der Waals surface area contributed by atoms with Crippen LogP contribution in [0.25, 0.3) is 16.8 Å². The summed E-state index contributed by atoms with van der Waals surface area (Å²) in [7, 11) is 0. The zero-order chi connectivity index (χ0) is 29.8. The molecule has 2 N–H and O–H groups in total. The average Bonchev–Trinajstić information content (AvgIpc) is 3.59. The van der Waals surface area contributed by atoms with Crippen LogP contribution in [0, 0.1) is 0 Å². The van der Waals surface area contributed by atoms with Crippen molar-refractivity contribution in [1.82, 2.24) is 25.4 Å². The number of benzene rings is 3. The number of H-pyrrole nitrogens is 1. The molecule has 11 heteroatoms. The number of nitrogens with one attached hydrogen (secondary N) is 1. The predicted molar refractivity (Wildman–Crippen MR) is 161 cm³/mol. The van der Waals surface area contributed by atoms with Crippen molar-refractivity contribution < 1.29 is 23.7 Å². The zero-order valence-electron chi connectivity index (χ0n) is 23.7. The highest BCUT2D eigenvalue weighted by molar-refractivity contribution is 6.31. The molecule has 1 atom stereocenters. The molecule has 0 unspecified atom stereocenters. The predicted octanol–water partition coefficient (Wildman–Crippen LogP) is 5.97. The molecular weight excluding hydrogens is 586 g/mol. The fourth-order valence-electron chi connectivity index (χ4n) is 5.86. The van der Waals surface area contributed by atoms with Gasteiger partial charge in [-0.05, 0) is 66.1 Å². The summed E-state index contributed by atoms with van der Waals surface area (Å²) in [6, 6.07) is 28.6. The highest BCUT2D eigenvalue weighted by Gasteiger charge is 2.29. The Kier molecular flexibility index (Phi) is 9.72. The van der Waals surface area contributed by atoms with Crippen LogP contribution in [0.4, 0.5) is 8.78 Å². The number of hydrogen-bond acceptors (Lipinski definition) is 5. The second kappa shape index (κ2) is 13.8. The Morgan fingerprint density at radius 1 is 1.00 bits per heavy atom. The summed E-state index contributed by atoms with van der Waals surface area (Å²) < 4.78 is 27.6. The minimum absolute atomic E-state index is 0. The maximum atomic E-state index is 12.9. The third-order valence-corrected chi connectivity index (χ3v) is 8.35. The van der Waals surface area contributed by atoms with Gasteiger partial charge >= 0.3 is 6.43 Å². The first-order valence-electron chi connectivity index (χ1n) is 14.2. The van der Waals surface area contributed by atoms with Crippen LogP contribution >= 0.6 is 11.6 Å². The van der Waals surface area contributed by atoms with Gasteiger partial charge in [-0.25, -0.2) is 0 Å². The van der Waals surface area contributed by atoms with E-state index < -0.39 is 12.3 Å². The summed E-state index contributed by atoms with van der Waals surface area (Å²) in [5, 5.41) is 11.2. The maximum Gasteiger partial charge on any atom is 0.315 e. The molecule has 6 rings (SSSR count). The van der Waals surface area contributed by atoms with Gasteiger partial charge in [0.1, 0.15) is 10.8 Å². The largest absolute Gasteiger partial charge is 0.870 e. The number of alkyl halides is 2. The number of nitrogens with zero attached hydrogens (tertiary/aromatic N) is 5. The van der Waals surface area contributed by atoms with Crippen molar-refractivity contribution in [2.24, 2.45) is 0 Å². The highest BCUT2D eigenvalue weighted by atomic mass is 35.5. The molecule has 1 aliphatic rings. The summed E-state index contributed by atoms with van der Waals surface area (Å²) in [6.45, 7) is 0.680. The fraction of sp³-hybridized carbons (Fsp3) is 0.242. The quantitative estimate of drug-likeness (QED) is 0.216. The van der Waals surface area contributed by atoms with Crippen molar-refractivity contribution >= 4 is 17.5 Å². The first-order chi connectivity index (χ1) is 21.0. The average molecular weight is 617 g/mol. The number of amides is 1. The highest BCUT2D eigenvalue weighted by Crippen LogP contribution is 2.34. The summed E-state index contributed by atoms with van der Waals surface area (Å²) in [4.78, 5) is 18.0. The fourth-order valence-corrected chi connectivity index (χ4v) is 6.03. The van der Waals surface area contributed by atoms with Crippen LogP contribution in [0.5, 0.6) is 0 Å². The van der Waals surface area contributed by atoms with Crippen LogP contribution in [0.3, 0.4) is 0 Å². The van der Waals surface area contributed by atoms with E-state index in [2.05, 4.69) is 64.1 Å². The van der Waals surface area contributed by atoms with Gasteiger partial charge in [0.2, 0.25) is 0 Å². The molecule has 3 aromatic carbocycles. The van der Waals surface area contributed by atoms with Gasteiger partial charge in [0, 0.05) is 47.0 Å².